The Kier molecular flexibility index (Phi) is 6.42. The SMILES string of the molecule is CCC(N)CNC(=O)CCC1CCCCO1. The number of hydrogen-bond donors (Lipinski definition) is 2. The Hall–Kier alpha value is -0.610. The maximum absolute atomic E-state index is 11.5. The van der Waals surface area contributed by atoms with Crippen LogP contribution in [0.15, 0.2) is 0 Å². The summed E-state index contributed by atoms with van der Waals surface area (Å²) >= 11 is 0. The molecule has 2 unspecified atom stereocenters. The average Bonchev–Trinajstić information content (AvgIpc) is 2.34. The second kappa shape index (κ2) is 7.63. The fraction of sp³-hybridized carbons (Fsp3) is 0.917. The largest absolute Gasteiger partial charge is 0.378 e. The molecule has 0 spiro atoms. The lowest BCUT2D eigenvalue weighted by Gasteiger charge is -2.22. The standard InChI is InChI=1S/C12H24N2O2/c1-2-10(13)9-14-12(15)7-6-11-5-3-4-8-16-11/h10-11H,2-9,13H2,1H3,(H,14,15). The van der Waals surface area contributed by atoms with Crippen LogP contribution in [0.5, 0.6) is 0 Å². The zero-order chi connectivity index (χ0) is 11.8. The van der Waals surface area contributed by atoms with Crippen molar-refractivity contribution in [3.8, 4) is 0 Å². The molecule has 1 rings (SSSR count). The third-order valence-electron chi connectivity index (χ3n) is 3.05. The number of nitrogens with one attached hydrogen (secondary N) is 1. The van der Waals surface area contributed by atoms with E-state index in [9.17, 15) is 4.79 Å². The fourth-order valence-electron chi connectivity index (χ4n) is 1.80. The molecule has 4 nitrogen and oxygen atoms in total. The summed E-state index contributed by atoms with van der Waals surface area (Å²) in [5.74, 6) is 0.0954. The first-order valence-electron chi connectivity index (χ1n) is 6.36. The van der Waals surface area contributed by atoms with Crippen LogP contribution in [-0.4, -0.2) is 31.2 Å². The van der Waals surface area contributed by atoms with Gasteiger partial charge in [-0.1, -0.05) is 6.92 Å². The molecule has 1 heterocycles. The number of ether oxygens (including phenoxy) is 1. The van der Waals surface area contributed by atoms with E-state index < -0.39 is 0 Å². The summed E-state index contributed by atoms with van der Waals surface area (Å²) in [7, 11) is 0. The zero-order valence-electron chi connectivity index (χ0n) is 10.2. The van der Waals surface area contributed by atoms with Crippen LogP contribution in [0, 0.1) is 0 Å². The van der Waals surface area contributed by atoms with Gasteiger partial charge < -0.3 is 15.8 Å². The highest BCUT2D eigenvalue weighted by atomic mass is 16.5. The van der Waals surface area contributed by atoms with Crippen LogP contribution in [0.1, 0.15) is 45.4 Å². The molecular weight excluding hydrogens is 204 g/mol. The molecule has 0 aromatic heterocycles. The Bertz CT molecular complexity index is 203. The van der Waals surface area contributed by atoms with Crippen LogP contribution in [-0.2, 0) is 9.53 Å². The number of nitrogens with two attached hydrogens (primary N) is 1. The molecule has 0 bridgehead atoms. The van der Waals surface area contributed by atoms with Crippen molar-refractivity contribution in [2.24, 2.45) is 5.73 Å². The number of amides is 1. The molecule has 1 saturated heterocycles. The predicted molar refractivity (Wildman–Crippen MR) is 64.1 cm³/mol. The van der Waals surface area contributed by atoms with Crippen molar-refractivity contribution >= 4 is 5.91 Å². The summed E-state index contributed by atoms with van der Waals surface area (Å²) in [5, 5.41) is 2.85. The quantitative estimate of drug-likeness (QED) is 0.717. The van der Waals surface area contributed by atoms with Crippen LogP contribution in [0.4, 0.5) is 0 Å². The van der Waals surface area contributed by atoms with Gasteiger partial charge in [-0.2, -0.15) is 0 Å². The van der Waals surface area contributed by atoms with Crippen molar-refractivity contribution < 1.29 is 9.53 Å². The van der Waals surface area contributed by atoms with Crippen LogP contribution < -0.4 is 11.1 Å². The minimum Gasteiger partial charge on any atom is -0.378 e. The van der Waals surface area contributed by atoms with E-state index in [1.54, 1.807) is 0 Å². The molecule has 0 aromatic carbocycles. The molecule has 1 aliphatic heterocycles. The predicted octanol–water partition coefficient (Wildman–Crippen LogP) is 1.19. The summed E-state index contributed by atoms with van der Waals surface area (Å²) in [4.78, 5) is 11.5. The summed E-state index contributed by atoms with van der Waals surface area (Å²) in [6, 6.07) is 0.0786. The molecule has 1 amide bonds. The summed E-state index contributed by atoms with van der Waals surface area (Å²) in [6.07, 6.45) is 6.07. The highest BCUT2D eigenvalue weighted by Gasteiger charge is 2.15. The minimum absolute atomic E-state index is 0.0786. The first-order valence-corrected chi connectivity index (χ1v) is 6.36. The van der Waals surface area contributed by atoms with Crippen molar-refractivity contribution in [2.45, 2.75) is 57.6 Å². The third kappa shape index (κ3) is 5.47. The van der Waals surface area contributed by atoms with Crippen LogP contribution in [0.3, 0.4) is 0 Å². The van der Waals surface area contributed by atoms with Gasteiger partial charge in [0.1, 0.15) is 0 Å². The van der Waals surface area contributed by atoms with Crippen molar-refractivity contribution in [3.05, 3.63) is 0 Å². The van der Waals surface area contributed by atoms with E-state index in [0.717, 1.165) is 32.3 Å². The number of carbonyl (C=O) groups is 1. The van der Waals surface area contributed by atoms with Gasteiger partial charge in [-0.3, -0.25) is 4.79 Å². The second-order valence-electron chi connectivity index (χ2n) is 4.50. The van der Waals surface area contributed by atoms with Crippen LogP contribution >= 0.6 is 0 Å². The fourth-order valence-corrected chi connectivity index (χ4v) is 1.80. The molecule has 0 aromatic rings. The van der Waals surface area contributed by atoms with Gasteiger partial charge in [0, 0.05) is 25.6 Å². The van der Waals surface area contributed by atoms with Gasteiger partial charge in [-0.15, -0.1) is 0 Å². The first kappa shape index (κ1) is 13.5. The lowest BCUT2D eigenvalue weighted by atomic mass is 10.0. The number of rotatable bonds is 6. The van der Waals surface area contributed by atoms with Crippen molar-refractivity contribution in [2.75, 3.05) is 13.2 Å². The summed E-state index contributed by atoms with van der Waals surface area (Å²) in [5.41, 5.74) is 5.72. The average molecular weight is 228 g/mol. The third-order valence-corrected chi connectivity index (χ3v) is 3.05. The molecule has 16 heavy (non-hydrogen) atoms. The second-order valence-corrected chi connectivity index (χ2v) is 4.50. The lowest BCUT2D eigenvalue weighted by Crippen LogP contribution is -2.37. The van der Waals surface area contributed by atoms with E-state index >= 15 is 0 Å². The van der Waals surface area contributed by atoms with Gasteiger partial charge in [0.15, 0.2) is 0 Å². The number of carbonyl (C=O) groups excluding carboxylic acids is 1. The maximum atomic E-state index is 11.5. The van der Waals surface area contributed by atoms with E-state index in [4.69, 9.17) is 10.5 Å². The highest BCUT2D eigenvalue weighted by molar-refractivity contribution is 5.75. The Morgan fingerprint density at radius 1 is 1.56 bits per heavy atom. The lowest BCUT2D eigenvalue weighted by molar-refractivity contribution is -0.122. The van der Waals surface area contributed by atoms with Crippen molar-refractivity contribution in [1.29, 1.82) is 0 Å². The summed E-state index contributed by atoms with van der Waals surface area (Å²) in [6.45, 7) is 3.46. The van der Waals surface area contributed by atoms with E-state index in [1.807, 2.05) is 6.92 Å². The molecular formula is C12H24N2O2. The minimum atomic E-state index is 0.0786. The maximum Gasteiger partial charge on any atom is 0.220 e. The molecule has 3 N–H and O–H groups in total. The van der Waals surface area contributed by atoms with Gasteiger partial charge in [0.2, 0.25) is 5.91 Å². The molecule has 1 aliphatic rings. The molecule has 0 aliphatic carbocycles. The summed E-state index contributed by atoms with van der Waals surface area (Å²) < 4.78 is 5.57. The Labute approximate surface area is 97.9 Å². The van der Waals surface area contributed by atoms with E-state index in [0.29, 0.717) is 19.1 Å². The Morgan fingerprint density at radius 2 is 2.38 bits per heavy atom. The van der Waals surface area contributed by atoms with E-state index in [1.165, 1.54) is 6.42 Å². The van der Waals surface area contributed by atoms with Gasteiger partial charge in [0.05, 0.1) is 6.10 Å². The normalized spacial score (nSPS) is 22.8. The van der Waals surface area contributed by atoms with Gasteiger partial charge in [-0.05, 0) is 32.1 Å². The molecule has 4 heteroatoms. The van der Waals surface area contributed by atoms with Gasteiger partial charge >= 0.3 is 0 Å². The molecule has 1 fully saturated rings. The topological polar surface area (TPSA) is 64.3 Å². The van der Waals surface area contributed by atoms with E-state index in [-0.39, 0.29) is 11.9 Å². The number of hydrogen-bond acceptors (Lipinski definition) is 3. The Balaban J connectivity index is 2.05. The van der Waals surface area contributed by atoms with Crippen LogP contribution in [0.25, 0.3) is 0 Å². The first-order chi connectivity index (χ1) is 7.72. The van der Waals surface area contributed by atoms with Gasteiger partial charge in [-0.25, -0.2) is 0 Å². The van der Waals surface area contributed by atoms with E-state index in [2.05, 4.69) is 5.32 Å². The highest BCUT2D eigenvalue weighted by Crippen LogP contribution is 2.16. The molecule has 2 atom stereocenters. The van der Waals surface area contributed by atoms with Gasteiger partial charge in [0.25, 0.3) is 0 Å². The van der Waals surface area contributed by atoms with Crippen molar-refractivity contribution in [1.82, 2.24) is 5.32 Å². The smallest absolute Gasteiger partial charge is 0.220 e. The molecule has 0 saturated carbocycles. The monoisotopic (exact) mass is 228 g/mol. The molecule has 0 radical (unpaired) electrons. The van der Waals surface area contributed by atoms with Crippen molar-refractivity contribution in [3.63, 3.8) is 0 Å². The zero-order valence-corrected chi connectivity index (χ0v) is 10.2. The van der Waals surface area contributed by atoms with Crippen LogP contribution in [0.2, 0.25) is 0 Å². The molecule has 94 valence electrons. The Morgan fingerprint density at radius 3 is 3.00 bits per heavy atom.